The van der Waals surface area contributed by atoms with Crippen LogP contribution in [0, 0.1) is 11.8 Å². The Morgan fingerprint density at radius 2 is 1.15 bits per heavy atom. The zero-order valence-corrected chi connectivity index (χ0v) is 40.1. The second kappa shape index (κ2) is 35.0. The number of carbonyl (C=O) groups is 7. The molecule has 0 aliphatic heterocycles. The third-order valence-electron chi connectivity index (χ3n) is 10.6. The lowest BCUT2D eigenvalue weighted by Gasteiger charge is -2.27. The normalized spacial score (nSPS) is 13.5. The Morgan fingerprint density at radius 3 is 1.67 bits per heavy atom. The highest BCUT2D eigenvalue weighted by Gasteiger charge is 2.31. The zero-order valence-electron chi connectivity index (χ0n) is 40.1. The molecule has 1 aromatic rings. The highest BCUT2D eigenvalue weighted by molar-refractivity contribution is 5.96. The molecule has 1 aromatic heterocycles. The topological polar surface area (TPSA) is 337 Å². The molecule has 1 rings (SSSR count). The van der Waals surface area contributed by atoms with E-state index < -0.39 is 78.9 Å². The molecule has 5 atom stereocenters. The van der Waals surface area contributed by atoms with Gasteiger partial charge in [-0.15, -0.1) is 0 Å². The van der Waals surface area contributed by atoms with Crippen LogP contribution in [0.1, 0.15) is 143 Å². The predicted octanol–water partition coefficient (Wildman–Crippen LogP) is 1.01. The Labute approximate surface area is 390 Å². The van der Waals surface area contributed by atoms with Crippen LogP contribution in [0.5, 0.6) is 0 Å². The van der Waals surface area contributed by atoms with Crippen molar-refractivity contribution in [2.24, 2.45) is 28.3 Å². The zero-order chi connectivity index (χ0) is 49.3. The van der Waals surface area contributed by atoms with Crippen LogP contribution in [-0.2, 0) is 40.0 Å². The number of nitrogens with one attached hydrogen (secondary N) is 8. The van der Waals surface area contributed by atoms with Crippen molar-refractivity contribution in [3.63, 3.8) is 0 Å². The Bertz CT molecular complexity index is 1610. The molecule has 0 aliphatic rings. The number of aliphatic hydroxyl groups is 1. The van der Waals surface area contributed by atoms with Gasteiger partial charge in [0.15, 0.2) is 5.96 Å². The monoisotopic (exact) mass is 935 g/mol. The lowest BCUT2D eigenvalue weighted by Crippen LogP contribution is -2.58. The molecule has 1 heterocycles. The number of amides is 6. The maximum atomic E-state index is 13.9. The fourth-order valence-electron chi connectivity index (χ4n) is 7.08. The van der Waals surface area contributed by atoms with Crippen LogP contribution in [0.2, 0.25) is 0 Å². The molecule has 21 heteroatoms. The molecule has 0 bridgehead atoms. The molecule has 0 unspecified atom stereocenters. The van der Waals surface area contributed by atoms with Crippen molar-refractivity contribution in [2.75, 3.05) is 32.8 Å². The van der Waals surface area contributed by atoms with E-state index in [0.717, 1.165) is 19.3 Å². The van der Waals surface area contributed by atoms with Gasteiger partial charge < -0.3 is 63.9 Å². The van der Waals surface area contributed by atoms with E-state index in [0.29, 0.717) is 18.7 Å². The first kappa shape index (κ1) is 58.7. The Balaban J connectivity index is 2.92. The van der Waals surface area contributed by atoms with Crippen LogP contribution >= 0.6 is 0 Å². The van der Waals surface area contributed by atoms with Gasteiger partial charge in [-0.1, -0.05) is 105 Å². The number of hydrogen-bond acceptors (Lipinski definition) is 11. The van der Waals surface area contributed by atoms with Crippen LogP contribution < -0.4 is 48.7 Å². The third kappa shape index (κ3) is 27.9. The number of H-pyrrole nitrogens is 1. The van der Waals surface area contributed by atoms with Crippen LogP contribution in [0.3, 0.4) is 0 Å². The SMILES string of the molecule is CCCCCCCCCCCCCCNCC(=O)N[C@@H](CC(C)C)C(=O)N[C@@H](CC(C)C)C(=O)N[C@@H](CCCN=C(N)N)C(=O)NCC(=O)N[C@@H](Cc1cnc[nH]1)C(=O)N[C@@H](CO)C(=O)O. The summed E-state index contributed by atoms with van der Waals surface area (Å²) in [7, 11) is 0. The second-order valence-corrected chi connectivity index (χ2v) is 17.7. The molecular formula is C45H82N12O9. The quantitative estimate of drug-likeness (QED) is 0.0251. The summed E-state index contributed by atoms with van der Waals surface area (Å²) < 4.78 is 0. The number of aromatic nitrogens is 2. The molecule has 66 heavy (non-hydrogen) atoms. The number of nitrogens with two attached hydrogens (primary N) is 2. The molecule has 0 spiro atoms. The summed E-state index contributed by atoms with van der Waals surface area (Å²) in [4.78, 5) is 102. The highest BCUT2D eigenvalue weighted by Crippen LogP contribution is 2.13. The molecule has 0 aliphatic carbocycles. The van der Waals surface area contributed by atoms with E-state index in [9.17, 15) is 43.8 Å². The van der Waals surface area contributed by atoms with E-state index in [2.05, 4.69) is 59.1 Å². The molecule has 0 radical (unpaired) electrons. The molecule has 14 N–H and O–H groups in total. The Hall–Kier alpha value is -5.31. The van der Waals surface area contributed by atoms with Gasteiger partial charge in [-0.2, -0.15) is 0 Å². The van der Waals surface area contributed by atoms with Crippen LogP contribution in [0.25, 0.3) is 0 Å². The maximum Gasteiger partial charge on any atom is 0.328 e. The number of aliphatic hydroxyl groups excluding tert-OH is 1. The summed E-state index contributed by atoms with van der Waals surface area (Å²) in [5.74, 6) is -5.77. The van der Waals surface area contributed by atoms with Gasteiger partial charge in [-0.25, -0.2) is 9.78 Å². The second-order valence-electron chi connectivity index (χ2n) is 17.7. The van der Waals surface area contributed by atoms with Gasteiger partial charge in [0.05, 0.1) is 26.0 Å². The standard InChI is InChI=1S/C45H82N12O9/c1-6-7-8-9-10-11-12-13-14-15-16-17-20-48-26-38(59)53-34(22-30(2)3)41(62)56-35(23-31(4)5)42(63)55-33(19-18-21-50-45(46)47)40(61)51-27-39(60)54-36(24-32-25-49-29-52-32)43(64)57-37(28-58)44(65)66/h25,29-31,33-37,48,58H,6-24,26-28H2,1-5H3,(H,49,52)(H,51,61)(H,53,59)(H,54,60)(H,55,63)(H,56,62)(H,57,64)(H,65,66)(H4,46,47,50)/t33-,34-,35-,36-,37-/m0/s1. The summed E-state index contributed by atoms with van der Waals surface area (Å²) in [6.07, 6.45) is 18.3. The number of carboxylic acids is 1. The molecule has 376 valence electrons. The van der Waals surface area contributed by atoms with E-state index >= 15 is 0 Å². The smallest absolute Gasteiger partial charge is 0.328 e. The number of aromatic amines is 1. The molecule has 0 saturated heterocycles. The van der Waals surface area contributed by atoms with Crippen molar-refractivity contribution >= 4 is 47.4 Å². The van der Waals surface area contributed by atoms with Crippen molar-refractivity contribution in [3.8, 4) is 0 Å². The van der Waals surface area contributed by atoms with E-state index in [1.807, 2.05) is 27.7 Å². The maximum absolute atomic E-state index is 13.9. The lowest BCUT2D eigenvalue weighted by molar-refractivity contribution is -0.143. The fourth-order valence-corrected chi connectivity index (χ4v) is 7.08. The average molecular weight is 935 g/mol. The third-order valence-corrected chi connectivity index (χ3v) is 10.6. The summed E-state index contributed by atoms with van der Waals surface area (Å²) >= 11 is 0. The summed E-state index contributed by atoms with van der Waals surface area (Å²) in [6, 6.07) is -6.21. The number of guanidine groups is 1. The summed E-state index contributed by atoms with van der Waals surface area (Å²) in [5.41, 5.74) is 11.4. The van der Waals surface area contributed by atoms with Gasteiger partial charge in [-0.3, -0.25) is 33.8 Å². The van der Waals surface area contributed by atoms with Crippen molar-refractivity contribution < 1.29 is 43.8 Å². The summed E-state index contributed by atoms with van der Waals surface area (Å²) in [6.45, 7) is 9.10. The Kier molecular flexibility index (Phi) is 31.1. The summed E-state index contributed by atoms with van der Waals surface area (Å²) in [5, 5.41) is 37.2. The van der Waals surface area contributed by atoms with Crippen molar-refractivity contribution in [2.45, 2.75) is 174 Å². The fraction of sp³-hybridized carbons (Fsp3) is 0.756. The lowest BCUT2D eigenvalue weighted by atomic mass is 9.99. The first-order valence-corrected chi connectivity index (χ1v) is 23.8. The number of aliphatic imine (C=N–C) groups is 1. The van der Waals surface area contributed by atoms with Crippen LogP contribution in [0.4, 0.5) is 0 Å². The van der Waals surface area contributed by atoms with Gasteiger partial charge in [0, 0.05) is 24.9 Å². The number of carboxylic acid groups (broad SMARTS) is 1. The molecule has 0 aromatic carbocycles. The van der Waals surface area contributed by atoms with Gasteiger partial charge in [0.2, 0.25) is 35.4 Å². The number of unbranched alkanes of at least 4 members (excludes halogenated alkanes) is 11. The molecular weight excluding hydrogens is 853 g/mol. The van der Waals surface area contributed by atoms with Crippen molar-refractivity contribution in [1.29, 1.82) is 0 Å². The minimum Gasteiger partial charge on any atom is -0.480 e. The van der Waals surface area contributed by atoms with Gasteiger partial charge in [0.25, 0.3) is 0 Å². The van der Waals surface area contributed by atoms with Crippen LogP contribution in [-0.4, -0.2) is 131 Å². The minimum atomic E-state index is -1.63. The predicted molar refractivity (Wildman–Crippen MR) is 252 cm³/mol. The van der Waals surface area contributed by atoms with E-state index in [1.165, 1.54) is 70.3 Å². The van der Waals surface area contributed by atoms with Gasteiger partial charge in [0.1, 0.15) is 30.2 Å². The molecule has 21 nitrogen and oxygen atoms in total. The largest absolute Gasteiger partial charge is 0.480 e. The van der Waals surface area contributed by atoms with Crippen LogP contribution in [0.15, 0.2) is 17.5 Å². The first-order valence-electron chi connectivity index (χ1n) is 23.8. The number of aliphatic carboxylic acids is 1. The highest BCUT2D eigenvalue weighted by atomic mass is 16.4. The number of nitrogens with zero attached hydrogens (tertiary/aromatic N) is 2. The molecule has 0 saturated carbocycles. The molecule has 6 amide bonds. The Morgan fingerprint density at radius 1 is 0.652 bits per heavy atom. The average Bonchev–Trinajstić information content (AvgIpc) is 3.77. The van der Waals surface area contributed by atoms with E-state index in [-0.39, 0.29) is 62.5 Å². The number of hydrogen-bond donors (Lipinski definition) is 12. The van der Waals surface area contributed by atoms with Crippen molar-refractivity contribution in [1.82, 2.24) is 47.2 Å². The number of carbonyl (C=O) groups excluding carboxylic acids is 6. The van der Waals surface area contributed by atoms with E-state index in [4.69, 9.17) is 11.5 Å². The number of imidazole rings is 1. The van der Waals surface area contributed by atoms with Gasteiger partial charge >= 0.3 is 5.97 Å². The first-order chi connectivity index (χ1) is 31.5. The van der Waals surface area contributed by atoms with Gasteiger partial charge in [-0.05, 0) is 50.5 Å². The van der Waals surface area contributed by atoms with E-state index in [1.54, 1.807) is 0 Å². The minimum absolute atomic E-state index is 0.0270. The molecule has 0 fully saturated rings. The van der Waals surface area contributed by atoms with Crippen molar-refractivity contribution in [3.05, 3.63) is 18.2 Å². The number of rotatable bonds is 38.